The molecule has 1 aliphatic carbocycles. The Bertz CT molecular complexity index is 224. The predicted octanol–water partition coefficient (Wildman–Crippen LogP) is 0.544. The molecule has 0 N–H and O–H groups in total. The molecule has 3 nitrogen and oxygen atoms in total. The molecule has 1 aliphatic heterocycles. The minimum atomic E-state index is -0.0850. The van der Waals surface area contributed by atoms with Gasteiger partial charge >= 0.3 is 0 Å². The number of carbonyl (C=O) groups is 2. The lowest BCUT2D eigenvalue weighted by molar-refractivity contribution is -0.162. The lowest BCUT2D eigenvalue weighted by Crippen LogP contribution is -2.60. The molecule has 1 saturated carbocycles. The third-order valence-corrected chi connectivity index (χ3v) is 2.71. The third-order valence-electron chi connectivity index (χ3n) is 2.71. The van der Waals surface area contributed by atoms with Gasteiger partial charge in [0.05, 0.1) is 12.0 Å². The van der Waals surface area contributed by atoms with Gasteiger partial charge in [-0.3, -0.25) is 14.5 Å². The molecule has 2 rings (SSSR count). The number of hydrogen-bond donors (Lipinski definition) is 0. The molecular weight excluding hydrogens is 142 g/mol. The standard InChI is InChI=1S/C8H11NO2/c1-5(10)9-7-4-2-3-6(7)8(9)11/h6-7H,2-4H2,1H3/t6-,7+/m1/s1. The molecule has 2 aliphatic rings. The maximum absolute atomic E-state index is 11.2. The summed E-state index contributed by atoms with van der Waals surface area (Å²) in [6, 6.07) is 0.264. The van der Waals surface area contributed by atoms with Crippen molar-refractivity contribution in [1.82, 2.24) is 4.90 Å². The lowest BCUT2D eigenvalue weighted by Gasteiger charge is -2.41. The van der Waals surface area contributed by atoms with Crippen LogP contribution in [0.2, 0.25) is 0 Å². The summed E-state index contributed by atoms with van der Waals surface area (Å²) in [5, 5.41) is 0. The summed E-state index contributed by atoms with van der Waals surface area (Å²) < 4.78 is 0. The van der Waals surface area contributed by atoms with Crippen LogP contribution in [0, 0.1) is 5.92 Å². The topological polar surface area (TPSA) is 37.4 Å². The molecule has 0 spiro atoms. The Morgan fingerprint density at radius 3 is 2.91 bits per heavy atom. The van der Waals surface area contributed by atoms with Crippen molar-refractivity contribution < 1.29 is 9.59 Å². The Morgan fingerprint density at radius 1 is 1.55 bits per heavy atom. The average molecular weight is 153 g/mol. The van der Waals surface area contributed by atoms with Gasteiger partial charge in [-0.25, -0.2) is 0 Å². The summed E-state index contributed by atoms with van der Waals surface area (Å²) in [5.41, 5.74) is 0. The molecule has 0 aromatic rings. The van der Waals surface area contributed by atoms with Crippen molar-refractivity contribution in [3.63, 3.8) is 0 Å². The van der Waals surface area contributed by atoms with Gasteiger partial charge in [-0.1, -0.05) is 6.42 Å². The van der Waals surface area contributed by atoms with Gasteiger partial charge in [0.25, 0.3) is 0 Å². The summed E-state index contributed by atoms with van der Waals surface area (Å²) in [6.45, 7) is 1.46. The number of nitrogens with zero attached hydrogens (tertiary/aromatic N) is 1. The van der Waals surface area contributed by atoms with Crippen molar-refractivity contribution in [1.29, 1.82) is 0 Å². The predicted molar refractivity (Wildman–Crippen MR) is 38.7 cm³/mol. The van der Waals surface area contributed by atoms with Gasteiger partial charge in [-0.15, -0.1) is 0 Å². The fourth-order valence-corrected chi connectivity index (χ4v) is 2.19. The van der Waals surface area contributed by atoms with Gasteiger partial charge in [0.15, 0.2) is 0 Å². The second kappa shape index (κ2) is 2.06. The molecule has 1 saturated heterocycles. The zero-order chi connectivity index (χ0) is 8.01. The minimum absolute atomic E-state index is 0.0556. The van der Waals surface area contributed by atoms with Crippen LogP contribution in [-0.4, -0.2) is 22.8 Å². The number of carbonyl (C=O) groups excluding carboxylic acids is 2. The Morgan fingerprint density at radius 2 is 2.27 bits per heavy atom. The highest BCUT2D eigenvalue weighted by atomic mass is 16.2. The summed E-state index contributed by atoms with van der Waals surface area (Å²) >= 11 is 0. The highest BCUT2D eigenvalue weighted by Gasteiger charge is 2.51. The van der Waals surface area contributed by atoms with Crippen LogP contribution in [-0.2, 0) is 9.59 Å². The normalized spacial score (nSPS) is 35.0. The lowest BCUT2D eigenvalue weighted by atomic mass is 9.91. The first-order chi connectivity index (χ1) is 5.22. The van der Waals surface area contributed by atoms with E-state index in [1.807, 2.05) is 0 Å². The van der Waals surface area contributed by atoms with Crippen LogP contribution in [0.5, 0.6) is 0 Å². The van der Waals surface area contributed by atoms with Crippen molar-refractivity contribution in [3.05, 3.63) is 0 Å². The van der Waals surface area contributed by atoms with Gasteiger partial charge in [0, 0.05) is 6.92 Å². The molecular formula is C8H11NO2. The molecule has 0 unspecified atom stereocenters. The Balaban J connectivity index is 2.15. The van der Waals surface area contributed by atoms with Crippen molar-refractivity contribution >= 4 is 11.8 Å². The molecule has 60 valence electrons. The first kappa shape index (κ1) is 6.83. The number of rotatable bonds is 0. The number of β-lactam (4-membered cyclic amide) rings is 1. The van der Waals surface area contributed by atoms with E-state index in [9.17, 15) is 9.59 Å². The Kier molecular flexibility index (Phi) is 1.28. The van der Waals surface area contributed by atoms with Gasteiger partial charge in [-0.05, 0) is 12.8 Å². The number of fused-ring (bicyclic) bond motifs is 1. The molecule has 3 heteroatoms. The molecule has 0 radical (unpaired) electrons. The van der Waals surface area contributed by atoms with E-state index in [4.69, 9.17) is 0 Å². The van der Waals surface area contributed by atoms with Crippen LogP contribution in [0.3, 0.4) is 0 Å². The molecule has 2 fully saturated rings. The molecule has 2 atom stereocenters. The van der Waals surface area contributed by atoms with Crippen LogP contribution < -0.4 is 0 Å². The van der Waals surface area contributed by atoms with Gasteiger partial charge in [-0.2, -0.15) is 0 Å². The minimum Gasteiger partial charge on any atom is -0.279 e. The highest BCUT2D eigenvalue weighted by Crippen LogP contribution is 2.39. The Labute approximate surface area is 65.4 Å². The average Bonchev–Trinajstić information content (AvgIpc) is 2.30. The van der Waals surface area contributed by atoms with Gasteiger partial charge in [0.1, 0.15) is 0 Å². The first-order valence-corrected chi connectivity index (χ1v) is 4.05. The third kappa shape index (κ3) is 0.737. The zero-order valence-electron chi connectivity index (χ0n) is 6.54. The SMILES string of the molecule is CC(=O)N1C(=O)[C@@H]2CCC[C@@H]21. The number of likely N-dealkylation sites (tertiary alicyclic amines) is 1. The number of amides is 2. The first-order valence-electron chi connectivity index (χ1n) is 4.05. The summed E-state index contributed by atoms with van der Waals surface area (Å²) in [5.74, 6) is 0.164. The van der Waals surface area contributed by atoms with Crippen molar-refractivity contribution in [2.75, 3.05) is 0 Å². The van der Waals surface area contributed by atoms with Gasteiger partial charge < -0.3 is 0 Å². The van der Waals surface area contributed by atoms with E-state index in [-0.39, 0.29) is 23.8 Å². The monoisotopic (exact) mass is 153 g/mol. The fraction of sp³-hybridized carbons (Fsp3) is 0.750. The van der Waals surface area contributed by atoms with E-state index in [0.29, 0.717) is 0 Å². The summed E-state index contributed by atoms with van der Waals surface area (Å²) in [4.78, 5) is 23.5. The van der Waals surface area contributed by atoms with Crippen LogP contribution in [0.1, 0.15) is 26.2 Å². The van der Waals surface area contributed by atoms with E-state index < -0.39 is 0 Å². The maximum atomic E-state index is 11.2. The summed E-state index contributed by atoms with van der Waals surface area (Å²) in [7, 11) is 0. The van der Waals surface area contributed by atoms with Crippen molar-refractivity contribution in [3.8, 4) is 0 Å². The molecule has 0 aromatic heterocycles. The van der Waals surface area contributed by atoms with E-state index >= 15 is 0 Å². The summed E-state index contributed by atoms with van der Waals surface area (Å²) in [6.07, 6.45) is 3.12. The highest BCUT2D eigenvalue weighted by molar-refractivity contribution is 6.01. The molecule has 11 heavy (non-hydrogen) atoms. The van der Waals surface area contributed by atoms with E-state index in [2.05, 4.69) is 0 Å². The van der Waals surface area contributed by atoms with Gasteiger partial charge in [0.2, 0.25) is 11.8 Å². The van der Waals surface area contributed by atoms with Crippen LogP contribution in [0.15, 0.2) is 0 Å². The van der Waals surface area contributed by atoms with Crippen LogP contribution in [0.25, 0.3) is 0 Å². The second-order valence-corrected chi connectivity index (χ2v) is 3.33. The second-order valence-electron chi connectivity index (χ2n) is 3.33. The molecule has 2 amide bonds. The number of imide groups is 1. The van der Waals surface area contributed by atoms with E-state index in [1.54, 1.807) is 0 Å². The smallest absolute Gasteiger partial charge is 0.234 e. The zero-order valence-corrected chi connectivity index (χ0v) is 6.54. The molecule has 0 bridgehead atoms. The largest absolute Gasteiger partial charge is 0.279 e. The van der Waals surface area contributed by atoms with Crippen molar-refractivity contribution in [2.24, 2.45) is 5.92 Å². The van der Waals surface area contributed by atoms with Crippen LogP contribution >= 0.6 is 0 Å². The van der Waals surface area contributed by atoms with Crippen LogP contribution in [0.4, 0.5) is 0 Å². The Hall–Kier alpha value is -0.860. The fourth-order valence-electron chi connectivity index (χ4n) is 2.19. The van der Waals surface area contributed by atoms with Crippen molar-refractivity contribution in [2.45, 2.75) is 32.2 Å². The quantitative estimate of drug-likeness (QED) is 0.476. The van der Waals surface area contributed by atoms with E-state index in [0.717, 1.165) is 19.3 Å². The number of hydrogen-bond acceptors (Lipinski definition) is 2. The molecule has 0 aromatic carbocycles. The van der Waals surface area contributed by atoms with E-state index in [1.165, 1.54) is 11.8 Å². The molecule has 1 heterocycles. The maximum Gasteiger partial charge on any atom is 0.234 e.